The zero-order chi connectivity index (χ0) is 13.1. The number of carbonyl (C=O) groups is 1. The van der Waals surface area contributed by atoms with Crippen LogP contribution in [0.1, 0.15) is 23.2 Å². The topological polar surface area (TPSA) is 47.6 Å². The van der Waals surface area contributed by atoms with Gasteiger partial charge in [-0.25, -0.2) is 0 Å². The molecule has 1 aliphatic heterocycles. The van der Waals surface area contributed by atoms with E-state index in [9.17, 15) is 4.79 Å². The lowest BCUT2D eigenvalue weighted by molar-refractivity contribution is 0.0949. The smallest absolute Gasteiger partial charge is 0.183 e. The van der Waals surface area contributed by atoms with Gasteiger partial charge in [0.25, 0.3) is 0 Å². The molecule has 1 fully saturated rings. The minimum atomic E-state index is -0.136. The summed E-state index contributed by atoms with van der Waals surface area (Å²) < 4.78 is 10.3. The molecule has 1 heterocycles. The average Bonchev–Trinajstić information content (AvgIpc) is 2.91. The highest BCUT2D eigenvalue weighted by molar-refractivity contribution is 6.34. The van der Waals surface area contributed by atoms with Crippen LogP contribution in [0.15, 0.2) is 12.1 Å². The summed E-state index contributed by atoms with van der Waals surface area (Å²) in [7, 11) is 3.03. The van der Waals surface area contributed by atoms with E-state index in [4.69, 9.17) is 21.1 Å². The number of Topliss-reactive ketones (excluding diaryl/α,β-unsaturated/α-hetero) is 1. The van der Waals surface area contributed by atoms with Crippen LogP contribution < -0.4 is 14.8 Å². The molecule has 0 saturated carbocycles. The molecule has 0 bridgehead atoms. The molecule has 1 saturated heterocycles. The third-order valence-electron chi connectivity index (χ3n) is 3.13. The second kappa shape index (κ2) is 5.59. The summed E-state index contributed by atoms with van der Waals surface area (Å²) in [5.41, 5.74) is 0.503. The Hall–Kier alpha value is -1.26. The lowest BCUT2D eigenvalue weighted by Crippen LogP contribution is -2.31. The molecule has 98 valence electrons. The summed E-state index contributed by atoms with van der Waals surface area (Å²) in [6.07, 6.45) is 1.87. The molecule has 1 N–H and O–H groups in total. The van der Waals surface area contributed by atoms with E-state index in [0.717, 1.165) is 19.4 Å². The molecule has 0 aliphatic carbocycles. The molecule has 4 nitrogen and oxygen atoms in total. The van der Waals surface area contributed by atoms with Gasteiger partial charge in [-0.05, 0) is 31.5 Å². The van der Waals surface area contributed by atoms with Gasteiger partial charge in [0.1, 0.15) is 10.8 Å². The third kappa shape index (κ3) is 2.31. The van der Waals surface area contributed by atoms with Crippen LogP contribution in [0.25, 0.3) is 0 Å². The van der Waals surface area contributed by atoms with Crippen molar-refractivity contribution in [2.24, 2.45) is 0 Å². The van der Waals surface area contributed by atoms with E-state index in [2.05, 4.69) is 5.32 Å². The third-order valence-corrected chi connectivity index (χ3v) is 3.49. The Labute approximate surface area is 111 Å². The average molecular weight is 270 g/mol. The second-order valence-electron chi connectivity index (χ2n) is 4.18. The van der Waals surface area contributed by atoms with Crippen LogP contribution in [0.4, 0.5) is 0 Å². The molecule has 0 spiro atoms. The van der Waals surface area contributed by atoms with Gasteiger partial charge < -0.3 is 14.8 Å². The van der Waals surface area contributed by atoms with Crippen LogP contribution in [0.3, 0.4) is 0 Å². The Kier molecular flexibility index (Phi) is 4.09. The minimum Gasteiger partial charge on any atom is -0.495 e. The Morgan fingerprint density at radius 3 is 2.72 bits per heavy atom. The minimum absolute atomic E-state index is 0.0221. The molecular weight excluding hydrogens is 254 g/mol. The number of hydrogen-bond donors (Lipinski definition) is 1. The zero-order valence-corrected chi connectivity index (χ0v) is 11.2. The molecule has 1 aromatic carbocycles. The molecule has 1 aliphatic rings. The van der Waals surface area contributed by atoms with Crippen LogP contribution in [-0.4, -0.2) is 32.6 Å². The van der Waals surface area contributed by atoms with E-state index in [1.807, 2.05) is 0 Å². The number of ketones is 1. The molecule has 0 radical (unpaired) electrons. The van der Waals surface area contributed by atoms with Gasteiger partial charge in [-0.3, -0.25) is 4.79 Å². The highest BCUT2D eigenvalue weighted by Crippen LogP contribution is 2.37. The molecule has 2 rings (SSSR count). The summed E-state index contributed by atoms with van der Waals surface area (Å²) >= 11 is 6.14. The normalized spacial score (nSPS) is 18.7. The lowest BCUT2D eigenvalue weighted by atomic mass is 10.0. The number of ether oxygens (including phenoxy) is 2. The fourth-order valence-electron chi connectivity index (χ4n) is 2.19. The molecule has 1 aromatic rings. The molecule has 18 heavy (non-hydrogen) atoms. The van der Waals surface area contributed by atoms with Crippen LogP contribution in [0, 0.1) is 0 Å². The van der Waals surface area contributed by atoms with Crippen LogP contribution in [0.2, 0.25) is 5.02 Å². The van der Waals surface area contributed by atoms with Crippen molar-refractivity contribution in [2.45, 2.75) is 18.9 Å². The van der Waals surface area contributed by atoms with Gasteiger partial charge in [0, 0.05) is 0 Å². The number of rotatable bonds is 4. The van der Waals surface area contributed by atoms with Gasteiger partial charge >= 0.3 is 0 Å². The van der Waals surface area contributed by atoms with Crippen molar-refractivity contribution >= 4 is 17.4 Å². The van der Waals surface area contributed by atoms with Crippen LogP contribution >= 0.6 is 11.6 Å². The van der Waals surface area contributed by atoms with Crippen LogP contribution in [-0.2, 0) is 0 Å². The van der Waals surface area contributed by atoms with Crippen molar-refractivity contribution in [2.75, 3.05) is 20.8 Å². The number of benzene rings is 1. The fourth-order valence-corrected chi connectivity index (χ4v) is 2.50. The monoisotopic (exact) mass is 269 g/mol. The number of hydrogen-bond acceptors (Lipinski definition) is 4. The number of carbonyl (C=O) groups excluding carboxylic acids is 1. The summed E-state index contributed by atoms with van der Waals surface area (Å²) in [6.45, 7) is 0.878. The molecular formula is C13H16ClNO3. The van der Waals surface area contributed by atoms with Gasteiger partial charge in [-0.15, -0.1) is 0 Å². The first-order valence-electron chi connectivity index (χ1n) is 5.87. The first-order chi connectivity index (χ1) is 8.69. The molecule has 0 amide bonds. The van der Waals surface area contributed by atoms with E-state index in [1.54, 1.807) is 12.1 Å². The number of methoxy groups -OCH3 is 2. The highest BCUT2D eigenvalue weighted by atomic mass is 35.5. The maximum Gasteiger partial charge on any atom is 0.183 e. The molecule has 1 atom stereocenters. The number of nitrogens with one attached hydrogen (secondary N) is 1. The maximum atomic E-state index is 12.3. The van der Waals surface area contributed by atoms with Gasteiger partial charge in [-0.1, -0.05) is 11.6 Å². The van der Waals surface area contributed by atoms with Crippen molar-refractivity contribution in [3.63, 3.8) is 0 Å². The predicted molar refractivity (Wildman–Crippen MR) is 69.9 cm³/mol. The van der Waals surface area contributed by atoms with Crippen molar-refractivity contribution in [3.05, 3.63) is 22.7 Å². The van der Waals surface area contributed by atoms with Crippen LogP contribution in [0.5, 0.6) is 11.5 Å². The fraction of sp³-hybridized carbons (Fsp3) is 0.462. The maximum absolute atomic E-state index is 12.3. The van der Waals surface area contributed by atoms with Gasteiger partial charge in [0.15, 0.2) is 11.5 Å². The Bertz CT molecular complexity index is 456. The SMILES string of the molecule is COc1ccc(C(=O)C2CCCN2)c(OC)c1Cl. The largest absolute Gasteiger partial charge is 0.495 e. The second-order valence-corrected chi connectivity index (χ2v) is 4.55. The number of halogens is 1. The summed E-state index contributed by atoms with van der Waals surface area (Å²) in [5, 5.41) is 3.51. The molecule has 1 unspecified atom stereocenters. The summed E-state index contributed by atoms with van der Waals surface area (Å²) in [5.74, 6) is 0.910. The van der Waals surface area contributed by atoms with Gasteiger partial charge in [-0.2, -0.15) is 0 Å². The lowest BCUT2D eigenvalue weighted by Gasteiger charge is -2.15. The van der Waals surface area contributed by atoms with Crippen molar-refractivity contribution in [1.29, 1.82) is 0 Å². The van der Waals surface area contributed by atoms with Gasteiger partial charge in [0.05, 0.1) is 25.8 Å². The van der Waals surface area contributed by atoms with E-state index in [-0.39, 0.29) is 11.8 Å². The quantitative estimate of drug-likeness (QED) is 0.852. The zero-order valence-electron chi connectivity index (χ0n) is 10.5. The molecule has 0 aromatic heterocycles. The Morgan fingerprint density at radius 2 is 2.17 bits per heavy atom. The van der Waals surface area contributed by atoms with E-state index < -0.39 is 0 Å². The molecule has 5 heteroatoms. The Balaban J connectivity index is 2.37. The van der Waals surface area contributed by atoms with E-state index in [0.29, 0.717) is 22.1 Å². The van der Waals surface area contributed by atoms with Gasteiger partial charge in [0.2, 0.25) is 0 Å². The first kappa shape index (κ1) is 13.2. The predicted octanol–water partition coefficient (Wildman–Crippen LogP) is 2.29. The van der Waals surface area contributed by atoms with Crippen molar-refractivity contribution in [3.8, 4) is 11.5 Å². The highest BCUT2D eigenvalue weighted by Gasteiger charge is 2.27. The first-order valence-corrected chi connectivity index (χ1v) is 6.25. The van der Waals surface area contributed by atoms with E-state index >= 15 is 0 Å². The van der Waals surface area contributed by atoms with Crippen molar-refractivity contribution in [1.82, 2.24) is 5.32 Å². The Morgan fingerprint density at radius 1 is 1.39 bits per heavy atom. The summed E-state index contributed by atoms with van der Waals surface area (Å²) in [6, 6.07) is 3.25. The van der Waals surface area contributed by atoms with E-state index in [1.165, 1.54) is 14.2 Å². The van der Waals surface area contributed by atoms with Crippen molar-refractivity contribution < 1.29 is 14.3 Å². The summed E-state index contributed by atoms with van der Waals surface area (Å²) in [4.78, 5) is 12.3. The standard InChI is InChI=1S/C13H16ClNO3/c1-17-10-6-5-8(13(18-2)11(10)14)12(16)9-4-3-7-15-9/h5-6,9,15H,3-4,7H2,1-2H3.